The maximum atomic E-state index is 12.9. The molecule has 0 aromatic rings. The zero-order chi connectivity index (χ0) is 35.1. The Hall–Kier alpha value is -4.69. The first kappa shape index (κ1) is 39.5. The molecule has 21 heteroatoms. The van der Waals surface area contributed by atoms with Gasteiger partial charge in [-0.1, -0.05) is 5.11 Å². The minimum absolute atomic E-state index is 0.0129. The number of amides is 6. The van der Waals surface area contributed by atoms with Gasteiger partial charge < -0.3 is 38.8 Å². The van der Waals surface area contributed by atoms with Crippen molar-refractivity contribution in [1.29, 1.82) is 0 Å². The zero-order valence-electron chi connectivity index (χ0n) is 26.3. The smallest absolute Gasteiger partial charge is 0.334 e. The average molecular weight is 686 g/mol. The van der Waals surface area contributed by atoms with Crippen LogP contribution in [0.2, 0.25) is 0 Å². The summed E-state index contributed by atoms with van der Waals surface area (Å²) in [7, 11) is 0. The molecule has 6 amide bonds. The van der Waals surface area contributed by atoms with E-state index in [2.05, 4.69) is 15.3 Å². The van der Waals surface area contributed by atoms with Gasteiger partial charge in [0.1, 0.15) is 6.54 Å². The van der Waals surface area contributed by atoms with E-state index in [-0.39, 0.29) is 91.3 Å². The highest BCUT2D eigenvalue weighted by Gasteiger charge is 2.34. The second-order valence-electron chi connectivity index (χ2n) is 9.91. The van der Waals surface area contributed by atoms with Crippen LogP contribution in [-0.2, 0) is 67.0 Å². The highest BCUT2D eigenvalue weighted by Crippen LogP contribution is 2.14. The van der Waals surface area contributed by atoms with E-state index in [9.17, 15) is 38.4 Å². The summed E-state index contributed by atoms with van der Waals surface area (Å²) in [6, 6.07) is 0. The Bertz CT molecular complexity index is 1120. The number of hydroxylamine groups is 4. The second kappa shape index (κ2) is 22.8. The number of carbonyl (C=O) groups excluding carboxylic acids is 8. The molecule has 48 heavy (non-hydrogen) atoms. The molecule has 0 saturated carbocycles. The number of azide groups is 1. The lowest BCUT2D eigenvalue weighted by Crippen LogP contribution is -2.38. The van der Waals surface area contributed by atoms with Crippen molar-refractivity contribution in [3.8, 4) is 0 Å². The summed E-state index contributed by atoms with van der Waals surface area (Å²) in [6.45, 7) is 1.36. The Kier molecular flexibility index (Phi) is 18.7. The van der Waals surface area contributed by atoms with Gasteiger partial charge >= 0.3 is 11.9 Å². The fourth-order valence-electron chi connectivity index (χ4n) is 3.92. The molecular formula is C27H39N7O14. The lowest BCUT2D eigenvalue weighted by Gasteiger charge is -2.23. The topological polar surface area (TPSA) is 262 Å². The Morgan fingerprint density at radius 2 is 1.08 bits per heavy atom. The molecule has 1 N–H and O–H groups in total. The van der Waals surface area contributed by atoms with Crippen molar-refractivity contribution in [1.82, 2.24) is 20.3 Å². The van der Waals surface area contributed by atoms with E-state index in [0.29, 0.717) is 29.9 Å². The van der Waals surface area contributed by atoms with E-state index in [1.54, 1.807) is 0 Å². The third-order valence-corrected chi connectivity index (χ3v) is 6.34. The summed E-state index contributed by atoms with van der Waals surface area (Å²) in [5.41, 5.74) is 8.14. The van der Waals surface area contributed by atoms with Crippen LogP contribution in [0.5, 0.6) is 0 Å². The van der Waals surface area contributed by atoms with Crippen LogP contribution < -0.4 is 5.32 Å². The van der Waals surface area contributed by atoms with Crippen molar-refractivity contribution in [2.45, 2.75) is 44.9 Å². The number of ether oxygens (including phenoxy) is 4. The number of hydrogen-bond acceptors (Lipinski definition) is 15. The molecule has 0 aliphatic carbocycles. The maximum absolute atomic E-state index is 12.9. The molecular weight excluding hydrogens is 646 g/mol. The van der Waals surface area contributed by atoms with E-state index in [4.69, 9.17) is 34.2 Å². The van der Waals surface area contributed by atoms with Gasteiger partial charge in [-0.2, -0.15) is 0 Å². The van der Waals surface area contributed by atoms with Crippen LogP contribution in [0, 0.1) is 0 Å². The molecule has 2 fully saturated rings. The standard InChI is InChI=1S/C27H39N7O14/c28-31-30-19-20(35)29-8-12-44-14-16-46-18-17-45-15-13-43-11-7-21(36)32(9-5-26(41)47-33-22(37)1-2-23(33)38)10-6-27(42)48-34-24(39)3-4-25(34)40/h1-19H2,(H,29,35). The highest BCUT2D eigenvalue weighted by atomic mass is 16.7. The van der Waals surface area contributed by atoms with Crippen LogP contribution in [0.4, 0.5) is 0 Å². The number of hydrogen-bond donors (Lipinski definition) is 1. The van der Waals surface area contributed by atoms with Crippen molar-refractivity contribution in [2.75, 3.05) is 79.0 Å². The summed E-state index contributed by atoms with van der Waals surface area (Å²) < 4.78 is 21.4. The fraction of sp³-hybridized carbons (Fsp3) is 0.704. The number of rotatable bonds is 25. The largest absolute Gasteiger partial charge is 0.379 e. The number of carbonyl (C=O) groups is 8. The van der Waals surface area contributed by atoms with Gasteiger partial charge in [0, 0.05) is 50.2 Å². The molecule has 0 aromatic carbocycles. The Morgan fingerprint density at radius 3 is 1.52 bits per heavy atom. The molecule has 2 aliphatic rings. The Labute approximate surface area is 274 Å². The van der Waals surface area contributed by atoms with Crippen molar-refractivity contribution < 1.29 is 67.0 Å². The SMILES string of the molecule is [N-]=[N+]=NCC(=O)NCCOCCOCCOCCOCCC(=O)N(CCC(=O)ON1C(=O)CCC1=O)CCC(=O)ON1C(=O)CCC1=O. The van der Waals surface area contributed by atoms with Gasteiger partial charge in [-0.25, -0.2) is 9.59 Å². The number of imide groups is 2. The van der Waals surface area contributed by atoms with Crippen molar-refractivity contribution in [2.24, 2.45) is 5.11 Å². The van der Waals surface area contributed by atoms with Gasteiger partial charge in [0.25, 0.3) is 23.6 Å². The molecule has 2 heterocycles. The molecule has 0 atom stereocenters. The van der Waals surface area contributed by atoms with E-state index < -0.39 is 60.2 Å². The van der Waals surface area contributed by atoms with Gasteiger partial charge in [-0.15, -0.1) is 10.1 Å². The molecule has 2 rings (SSSR count). The van der Waals surface area contributed by atoms with E-state index in [1.165, 1.54) is 0 Å². The van der Waals surface area contributed by atoms with Crippen LogP contribution in [0.15, 0.2) is 5.11 Å². The lowest BCUT2D eigenvalue weighted by atomic mass is 10.3. The van der Waals surface area contributed by atoms with Gasteiger partial charge in [-0.3, -0.25) is 28.8 Å². The van der Waals surface area contributed by atoms with Crippen molar-refractivity contribution in [3.05, 3.63) is 10.4 Å². The van der Waals surface area contributed by atoms with Crippen LogP contribution in [0.25, 0.3) is 10.4 Å². The summed E-state index contributed by atoms with van der Waals surface area (Å²) in [5, 5.41) is 6.43. The Balaban J connectivity index is 1.61. The van der Waals surface area contributed by atoms with Gasteiger partial charge in [0.05, 0.1) is 72.1 Å². The van der Waals surface area contributed by atoms with E-state index in [0.717, 1.165) is 4.90 Å². The molecule has 0 unspecified atom stereocenters. The first-order valence-corrected chi connectivity index (χ1v) is 15.1. The quantitative estimate of drug-likeness (QED) is 0.0385. The summed E-state index contributed by atoms with van der Waals surface area (Å²) in [5.74, 6) is -5.41. The monoisotopic (exact) mass is 685 g/mol. The first-order chi connectivity index (χ1) is 23.1. The van der Waals surface area contributed by atoms with Crippen molar-refractivity contribution in [3.63, 3.8) is 0 Å². The molecule has 266 valence electrons. The molecule has 2 saturated heterocycles. The molecule has 2 aliphatic heterocycles. The lowest BCUT2D eigenvalue weighted by molar-refractivity contribution is -0.198. The molecule has 0 bridgehead atoms. The predicted octanol–water partition coefficient (Wildman–Crippen LogP) is -1.31. The molecule has 21 nitrogen and oxygen atoms in total. The maximum Gasteiger partial charge on any atom is 0.334 e. The summed E-state index contributed by atoms with van der Waals surface area (Å²) >= 11 is 0. The summed E-state index contributed by atoms with van der Waals surface area (Å²) in [6.07, 6.45) is -1.25. The molecule has 0 spiro atoms. The third-order valence-electron chi connectivity index (χ3n) is 6.34. The minimum Gasteiger partial charge on any atom is -0.379 e. The van der Waals surface area contributed by atoms with E-state index >= 15 is 0 Å². The first-order valence-electron chi connectivity index (χ1n) is 15.1. The second-order valence-corrected chi connectivity index (χ2v) is 9.91. The third kappa shape index (κ3) is 15.7. The van der Waals surface area contributed by atoms with Crippen LogP contribution >= 0.6 is 0 Å². The average Bonchev–Trinajstić information content (AvgIpc) is 3.55. The van der Waals surface area contributed by atoms with Gasteiger partial charge in [-0.05, 0) is 5.53 Å². The Morgan fingerprint density at radius 1 is 0.667 bits per heavy atom. The van der Waals surface area contributed by atoms with Crippen LogP contribution in [-0.4, -0.2) is 141 Å². The normalized spacial score (nSPS) is 14.2. The molecule has 0 radical (unpaired) electrons. The van der Waals surface area contributed by atoms with Gasteiger partial charge in [0.15, 0.2) is 0 Å². The van der Waals surface area contributed by atoms with Crippen LogP contribution in [0.3, 0.4) is 0 Å². The number of nitrogens with one attached hydrogen (secondary N) is 1. The summed E-state index contributed by atoms with van der Waals surface area (Å²) in [4.78, 5) is 109. The van der Waals surface area contributed by atoms with E-state index in [1.807, 2.05) is 0 Å². The van der Waals surface area contributed by atoms with Crippen molar-refractivity contribution >= 4 is 47.4 Å². The number of nitrogens with zero attached hydrogens (tertiary/aromatic N) is 6. The highest BCUT2D eigenvalue weighted by molar-refractivity contribution is 6.02. The molecule has 0 aromatic heterocycles. The minimum atomic E-state index is -0.942. The predicted molar refractivity (Wildman–Crippen MR) is 155 cm³/mol. The fourth-order valence-corrected chi connectivity index (χ4v) is 3.92. The van der Waals surface area contributed by atoms with Crippen LogP contribution in [0.1, 0.15) is 44.9 Å². The zero-order valence-corrected chi connectivity index (χ0v) is 26.3. The van der Waals surface area contributed by atoms with Gasteiger partial charge in [0.2, 0.25) is 11.8 Å².